The van der Waals surface area contributed by atoms with Crippen LogP contribution in [0.25, 0.3) is 0 Å². The van der Waals surface area contributed by atoms with Crippen LogP contribution in [-0.4, -0.2) is 159 Å². The molecule has 0 radical (unpaired) electrons. The molecule has 3 fully saturated rings. The second-order valence-corrected chi connectivity index (χ2v) is 26.0. The molecule has 0 unspecified atom stereocenters. The predicted molar refractivity (Wildman–Crippen MR) is 396 cm³/mol. The molecule has 0 bridgehead atoms. The van der Waals surface area contributed by atoms with Gasteiger partial charge in [-0.2, -0.15) is 0 Å². The Balaban J connectivity index is 0.951. The molecule has 10 aromatic rings. The molecule has 0 aromatic heterocycles. The second kappa shape index (κ2) is 38.5. The van der Waals surface area contributed by atoms with Crippen LogP contribution in [0.15, 0.2) is 303 Å². The number of aliphatic hydroxyl groups is 1. The Morgan fingerprint density at radius 2 is 0.514 bits per heavy atom. The molecule has 10 aromatic carbocycles. The average molecular weight is 1500 g/mol. The van der Waals surface area contributed by atoms with Gasteiger partial charge in [-0.1, -0.05) is 218 Å². The van der Waals surface area contributed by atoms with Crippen molar-refractivity contribution in [2.75, 3.05) is 19.8 Å². The summed E-state index contributed by atoms with van der Waals surface area (Å²) < 4.78 is 100. The van der Waals surface area contributed by atoms with E-state index < -0.39 is 154 Å². The third-order valence-corrected chi connectivity index (χ3v) is 18.4. The van der Waals surface area contributed by atoms with E-state index in [-0.39, 0.29) is 58.8 Å². The molecule has 0 saturated carbocycles. The standard InChI is InChI=1S/C88H78O23/c89-79(60-37-17-4-18-38-60)100-54-68-72(74(107-82(92)63-43-23-7-24-44-63)76(86(96)103-68)109-84(94)65-47-27-9-28-48-65)111-88-77(99-53-59-35-15-3-16-36-59)73(98-52-58-33-13-2-14-34-58)70(97-51-57-31-11-1-12-32-57)67(105-88)56-102-87-78(110-85(95)66-49-29-10-30-50-66)75(108-83(93)64-45-25-8-26-46-64)71(106-81(91)62-41-21-6-22-42-62)69(104-87)55-101-80(90)61-39-19-5-20-40-61/h1-50,67-78,86-88,96H,51-56H2/t67-,68-,69-,70-,71-,72-,73+,74+,75+,76-,77-,78-,86+,87-,88-/m1/s1. The number of rotatable bonds is 30. The van der Waals surface area contributed by atoms with Crippen LogP contribution in [0.1, 0.15) is 89.2 Å². The molecule has 23 heteroatoms. The molecule has 3 aliphatic heterocycles. The first-order valence-electron chi connectivity index (χ1n) is 36.0. The van der Waals surface area contributed by atoms with Gasteiger partial charge in [0.2, 0.25) is 0 Å². The van der Waals surface area contributed by atoms with Crippen LogP contribution in [0.3, 0.4) is 0 Å². The maximum Gasteiger partial charge on any atom is 0.338 e. The first kappa shape index (κ1) is 77.3. The van der Waals surface area contributed by atoms with E-state index >= 15 is 0 Å². The fourth-order valence-electron chi connectivity index (χ4n) is 12.8. The topological polar surface area (TPSA) is 278 Å². The summed E-state index contributed by atoms with van der Waals surface area (Å²) in [7, 11) is 0. The summed E-state index contributed by atoms with van der Waals surface area (Å²) in [6, 6.07) is 82.9. The Hall–Kier alpha value is -11.9. The fourth-order valence-corrected chi connectivity index (χ4v) is 12.8. The zero-order valence-corrected chi connectivity index (χ0v) is 59.7. The van der Waals surface area contributed by atoms with Crippen molar-refractivity contribution in [3.8, 4) is 0 Å². The summed E-state index contributed by atoms with van der Waals surface area (Å²) in [5, 5.41) is 12.3. The number of benzene rings is 10. The van der Waals surface area contributed by atoms with Crippen LogP contribution < -0.4 is 0 Å². The first-order chi connectivity index (χ1) is 54.4. The van der Waals surface area contributed by atoms with Gasteiger partial charge in [-0.05, 0) is 102 Å². The molecule has 1 N–H and O–H groups in total. The number of ether oxygens (including phenoxy) is 15. The van der Waals surface area contributed by atoms with E-state index in [4.69, 9.17) is 71.1 Å². The van der Waals surface area contributed by atoms with Gasteiger partial charge in [-0.15, -0.1) is 0 Å². The molecular weight excluding hydrogens is 1420 g/mol. The molecule has 3 saturated heterocycles. The van der Waals surface area contributed by atoms with Crippen LogP contribution >= 0.6 is 0 Å². The Morgan fingerprint density at radius 1 is 0.243 bits per heavy atom. The van der Waals surface area contributed by atoms with E-state index in [2.05, 4.69) is 0 Å². The highest BCUT2D eigenvalue weighted by molar-refractivity contribution is 5.93. The van der Waals surface area contributed by atoms with E-state index in [9.17, 15) is 38.7 Å². The van der Waals surface area contributed by atoms with Crippen LogP contribution in [0.5, 0.6) is 0 Å². The van der Waals surface area contributed by atoms with Gasteiger partial charge in [0, 0.05) is 0 Å². The van der Waals surface area contributed by atoms with Crippen LogP contribution in [0.2, 0.25) is 0 Å². The van der Waals surface area contributed by atoms with E-state index in [1.54, 1.807) is 127 Å². The van der Waals surface area contributed by atoms with Gasteiger partial charge < -0.3 is 76.2 Å². The lowest BCUT2D eigenvalue weighted by Gasteiger charge is -2.49. The fraction of sp³-hybridized carbons (Fsp3) is 0.239. The molecule has 3 aliphatic rings. The molecule has 0 aliphatic carbocycles. The molecule has 568 valence electrons. The Bertz CT molecular complexity index is 4620. The number of esters is 7. The van der Waals surface area contributed by atoms with Gasteiger partial charge >= 0.3 is 41.8 Å². The summed E-state index contributed by atoms with van der Waals surface area (Å²) in [6.07, 6.45) is -25.8. The normalized spacial score (nSPS) is 23.5. The van der Waals surface area contributed by atoms with Gasteiger partial charge in [0.1, 0.15) is 55.9 Å². The first-order valence-corrected chi connectivity index (χ1v) is 36.0. The third-order valence-electron chi connectivity index (χ3n) is 18.4. The van der Waals surface area contributed by atoms with Gasteiger partial charge in [0.25, 0.3) is 0 Å². The maximum absolute atomic E-state index is 14.9. The summed E-state index contributed by atoms with van der Waals surface area (Å²) in [5.74, 6) is -6.45. The van der Waals surface area contributed by atoms with Gasteiger partial charge in [-0.3, -0.25) is 0 Å². The van der Waals surface area contributed by atoms with Crippen molar-refractivity contribution in [2.24, 2.45) is 0 Å². The molecule has 15 atom stereocenters. The maximum atomic E-state index is 14.9. The van der Waals surface area contributed by atoms with Crippen molar-refractivity contribution in [1.82, 2.24) is 0 Å². The van der Waals surface area contributed by atoms with Crippen molar-refractivity contribution in [2.45, 2.75) is 112 Å². The van der Waals surface area contributed by atoms with Crippen LogP contribution in [-0.2, 0) is 90.9 Å². The van der Waals surface area contributed by atoms with Crippen molar-refractivity contribution in [3.63, 3.8) is 0 Å². The molecule has 3 heterocycles. The lowest BCUT2D eigenvalue weighted by molar-refractivity contribution is -0.371. The molecule has 111 heavy (non-hydrogen) atoms. The van der Waals surface area contributed by atoms with Gasteiger partial charge in [-0.25, -0.2) is 33.6 Å². The van der Waals surface area contributed by atoms with Crippen molar-refractivity contribution >= 4 is 41.8 Å². The summed E-state index contributed by atoms with van der Waals surface area (Å²) >= 11 is 0. The van der Waals surface area contributed by atoms with Crippen molar-refractivity contribution in [1.29, 1.82) is 0 Å². The largest absolute Gasteiger partial charge is 0.459 e. The van der Waals surface area contributed by atoms with Crippen molar-refractivity contribution < 1.29 is 110 Å². The number of hydrogen-bond acceptors (Lipinski definition) is 23. The zero-order valence-electron chi connectivity index (χ0n) is 59.7. The Kier molecular flexibility index (Phi) is 26.8. The number of carbonyl (C=O) groups is 7. The second-order valence-electron chi connectivity index (χ2n) is 26.0. The summed E-state index contributed by atoms with van der Waals surface area (Å²) in [6.45, 7) is -2.47. The Morgan fingerprint density at radius 3 is 0.883 bits per heavy atom. The average Bonchev–Trinajstić information content (AvgIpc) is 0.769. The number of hydrogen-bond donors (Lipinski definition) is 1. The zero-order chi connectivity index (χ0) is 76.7. The van der Waals surface area contributed by atoms with Crippen LogP contribution in [0, 0.1) is 0 Å². The molecule has 23 nitrogen and oxygen atoms in total. The van der Waals surface area contributed by atoms with E-state index in [0.717, 1.165) is 0 Å². The SMILES string of the molecule is O=C(OC[C@H]1O[C@H](O)[C@H](OC(=O)c2ccccc2)[C@@H](OC(=O)c2ccccc2)[C@@H]1O[C@H]1O[C@H](CO[C@@H]2O[C@H](COC(=O)c3ccccc3)[C@@H](OC(=O)c3ccccc3)[C@H](OC(=O)c3ccccc3)[C@H]2OC(=O)c2ccccc2)[C@@H](OCc2ccccc2)[C@H](OCc2ccccc2)[C@H]1OCc1ccccc1)c1ccccc1. The molecule has 0 spiro atoms. The minimum Gasteiger partial charge on any atom is -0.459 e. The van der Waals surface area contributed by atoms with Gasteiger partial charge in [0.05, 0.1) is 65.4 Å². The quantitative estimate of drug-likeness (QED) is 0.0323. The monoisotopic (exact) mass is 1500 g/mol. The highest BCUT2D eigenvalue weighted by Gasteiger charge is 2.58. The van der Waals surface area contributed by atoms with Crippen LogP contribution in [0.4, 0.5) is 0 Å². The lowest BCUT2D eigenvalue weighted by Crippen LogP contribution is -2.67. The summed E-state index contributed by atoms with van der Waals surface area (Å²) in [4.78, 5) is 102. The van der Waals surface area contributed by atoms with Crippen molar-refractivity contribution in [3.05, 3.63) is 359 Å². The van der Waals surface area contributed by atoms with E-state index in [1.165, 1.54) is 84.9 Å². The number of carbonyl (C=O) groups excluding carboxylic acids is 7. The Labute approximate surface area is 639 Å². The minimum absolute atomic E-state index is 0.0308. The molecule has 13 rings (SSSR count). The summed E-state index contributed by atoms with van der Waals surface area (Å²) in [5.41, 5.74) is 2.55. The minimum atomic E-state index is -2.11. The molecule has 0 amide bonds. The highest BCUT2D eigenvalue weighted by atomic mass is 16.8. The smallest absolute Gasteiger partial charge is 0.338 e. The lowest BCUT2D eigenvalue weighted by atomic mass is 9.95. The van der Waals surface area contributed by atoms with E-state index in [0.29, 0.717) is 16.7 Å². The highest BCUT2D eigenvalue weighted by Crippen LogP contribution is 2.39. The van der Waals surface area contributed by atoms with Gasteiger partial charge in [0.15, 0.2) is 49.4 Å². The van der Waals surface area contributed by atoms with E-state index in [1.807, 2.05) is 91.0 Å². The molecular formula is C88H78O23. The predicted octanol–water partition coefficient (Wildman–Crippen LogP) is 12.2. The number of aliphatic hydroxyl groups excluding tert-OH is 1. The third kappa shape index (κ3) is 20.5.